The number of nitrogens with one attached hydrogen (secondary N) is 1. The van der Waals surface area contributed by atoms with Gasteiger partial charge in [-0.2, -0.15) is 0 Å². The number of hydrogen-bond acceptors (Lipinski definition) is 4. The van der Waals surface area contributed by atoms with Crippen LogP contribution in [0.2, 0.25) is 0 Å². The van der Waals surface area contributed by atoms with E-state index in [1.807, 2.05) is 48.5 Å². The molecule has 0 bridgehead atoms. The predicted molar refractivity (Wildman–Crippen MR) is 87.0 cm³/mol. The zero-order valence-corrected chi connectivity index (χ0v) is 12.5. The minimum atomic E-state index is -0.345. The predicted octanol–water partition coefficient (Wildman–Crippen LogP) is 3.61. The highest BCUT2D eigenvalue weighted by Crippen LogP contribution is 2.26. The summed E-state index contributed by atoms with van der Waals surface area (Å²) in [5.74, 6) is 0.469. The molecule has 5 nitrogen and oxygen atoms in total. The molecule has 5 heteroatoms. The number of hydrogen-bond donors (Lipinski definition) is 1. The van der Waals surface area contributed by atoms with Crippen LogP contribution in [0.1, 0.15) is 12.8 Å². The molecule has 0 radical (unpaired) electrons. The van der Waals surface area contributed by atoms with Gasteiger partial charge in [0.1, 0.15) is 11.6 Å². The van der Waals surface area contributed by atoms with Gasteiger partial charge < -0.3 is 14.5 Å². The second-order valence-corrected chi connectivity index (χ2v) is 5.56. The van der Waals surface area contributed by atoms with Crippen LogP contribution in [0.15, 0.2) is 52.9 Å². The summed E-state index contributed by atoms with van der Waals surface area (Å²) in [5, 5.41) is 2.88. The first-order valence-corrected chi connectivity index (χ1v) is 7.68. The van der Waals surface area contributed by atoms with Gasteiger partial charge in [-0.05, 0) is 43.2 Å². The van der Waals surface area contributed by atoms with Gasteiger partial charge in [0.05, 0.1) is 0 Å². The van der Waals surface area contributed by atoms with E-state index in [0.29, 0.717) is 29.3 Å². The van der Waals surface area contributed by atoms with Gasteiger partial charge in [0.25, 0.3) is 5.91 Å². The first kappa shape index (κ1) is 14.0. The lowest BCUT2D eigenvalue weighted by molar-refractivity contribution is -0.124. The molecule has 3 aromatic rings. The lowest BCUT2D eigenvalue weighted by Crippen LogP contribution is -2.26. The van der Waals surface area contributed by atoms with Crippen LogP contribution in [0.4, 0.5) is 5.69 Å². The molecule has 2 heterocycles. The third kappa shape index (κ3) is 2.83. The Morgan fingerprint density at radius 1 is 1.17 bits per heavy atom. The number of fused-ring (bicyclic) bond motifs is 1. The second-order valence-electron chi connectivity index (χ2n) is 5.56. The molecule has 1 aliphatic rings. The van der Waals surface area contributed by atoms with Crippen LogP contribution in [0.5, 0.6) is 0 Å². The molecule has 1 saturated heterocycles. The van der Waals surface area contributed by atoms with Crippen molar-refractivity contribution < 1.29 is 13.9 Å². The normalized spacial score (nSPS) is 17.5. The van der Waals surface area contributed by atoms with Crippen LogP contribution in [0.25, 0.3) is 22.6 Å². The Balaban J connectivity index is 1.59. The molecule has 1 atom stereocenters. The summed E-state index contributed by atoms with van der Waals surface area (Å²) in [6.07, 6.45) is 1.36. The van der Waals surface area contributed by atoms with E-state index >= 15 is 0 Å². The van der Waals surface area contributed by atoms with E-state index in [-0.39, 0.29) is 12.0 Å². The minimum Gasteiger partial charge on any atom is -0.436 e. The Labute approximate surface area is 133 Å². The van der Waals surface area contributed by atoms with E-state index < -0.39 is 0 Å². The summed E-state index contributed by atoms with van der Waals surface area (Å²) in [7, 11) is 0. The van der Waals surface area contributed by atoms with Crippen LogP contribution in [-0.2, 0) is 9.53 Å². The Bertz CT molecular complexity index is 836. The molecule has 1 aliphatic heterocycles. The van der Waals surface area contributed by atoms with Crippen LogP contribution in [0, 0.1) is 0 Å². The van der Waals surface area contributed by atoms with Gasteiger partial charge in [-0.3, -0.25) is 4.79 Å². The number of nitrogens with zero attached hydrogens (tertiary/aromatic N) is 1. The first-order chi connectivity index (χ1) is 11.3. The van der Waals surface area contributed by atoms with Crippen molar-refractivity contribution in [1.29, 1.82) is 0 Å². The zero-order valence-electron chi connectivity index (χ0n) is 12.5. The SMILES string of the molecule is O=C(Nc1ccc2oc(-c3ccccc3)nc2c1)[C@H]1CCCO1. The number of aromatic nitrogens is 1. The van der Waals surface area contributed by atoms with Gasteiger partial charge in [-0.15, -0.1) is 0 Å². The summed E-state index contributed by atoms with van der Waals surface area (Å²) in [4.78, 5) is 16.6. The number of oxazole rings is 1. The number of ether oxygens (including phenoxy) is 1. The Morgan fingerprint density at radius 2 is 2.04 bits per heavy atom. The summed E-state index contributed by atoms with van der Waals surface area (Å²) < 4.78 is 11.2. The number of benzene rings is 2. The largest absolute Gasteiger partial charge is 0.436 e. The third-order valence-electron chi connectivity index (χ3n) is 3.90. The molecule has 116 valence electrons. The van der Waals surface area contributed by atoms with E-state index in [1.54, 1.807) is 0 Å². The van der Waals surface area contributed by atoms with Crippen LogP contribution >= 0.6 is 0 Å². The van der Waals surface area contributed by atoms with Crippen LogP contribution in [-0.4, -0.2) is 23.6 Å². The molecule has 0 spiro atoms. The summed E-state index contributed by atoms with van der Waals surface area (Å²) in [6.45, 7) is 0.654. The van der Waals surface area contributed by atoms with E-state index in [1.165, 1.54) is 0 Å². The monoisotopic (exact) mass is 308 g/mol. The number of amides is 1. The average molecular weight is 308 g/mol. The topological polar surface area (TPSA) is 64.4 Å². The molecule has 4 rings (SSSR count). The van der Waals surface area contributed by atoms with Crippen molar-refractivity contribution in [2.24, 2.45) is 0 Å². The molecular formula is C18H16N2O3. The van der Waals surface area contributed by atoms with Crippen molar-refractivity contribution in [2.75, 3.05) is 11.9 Å². The van der Waals surface area contributed by atoms with Crippen molar-refractivity contribution in [3.8, 4) is 11.5 Å². The highest BCUT2D eigenvalue weighted by molar-refractivity contribution is 5.96. The Morgan fingerprint density at radius 3 is 2.83 bits per heavy atom. The fraction of sp³-hybridized carbons (Fsp3) is 0.222. The number of carbonyl (C=O) groups is 1. The Hall–Kier alpha value is -2.66. The first-order valence-electron chi connectivity index (χ1n) is 7.68. The van der Waals surface area contributed by atoms with E-state index in [4.69, 9.17) is 9.15 Å². The maximum atomic E-state index is 12.1. The van der Waals surface area contributed by atoms with Gasteiger partial charge in [0.2, 0.25) is 5.89 Å². The molecular weight excluding hydrogens is 292 g/mol. The molecule has 1 fully saturated rings. The molecule has 0 unspecified atom stereocenters. The lowest BCUT2D eigenvalue weighted by Gasteiger charge is -2.09. The second kappa shape index (κ2) is 5.85. The highest BCUT2D eigenvalue weighted by Gasteiger charge is 2.23. The van der Waals surface area contributed by atoms with Crippen LogP contribution in [0.3, 0.4) is 0 Å². The highest BCUT2D eigenvalue weighted by atomic mass is 16.5. The molecule has 23 heavy (non-hydrogen) atoms. The molecule has 0 saturated carbocycles. The maximum absolute atomic E-state index is 12.1. The van der Waals surface area contributed by atoms with Crippen molar-refractivity contribution in [3.05, 3.63) is 48.5 Å². The molecule has 1 N–H and O–H groups in total. The fourth-order valence-electron chi connectivity index (χ4n) is 2.72. The van der Waals surface area contributed by atoms with E-state index in [2.05, 4.69) is 10.3 Å². The minimum absolute atomic E-state index is 0.103. The fourth-order valence-corrected chi connectivity index (χ4v) is 2.72. The Kier molecular flexibility index (Phi) is 3.55. The number of anilines is 1. The van der Waals surface area contributed by atoms with Crippen molar-refractivity contribution >= 4 is 22.7 Å². The quantitative estimate of drug-likeness (QED) is 0.802. The van der Waals surface area contributed by atoms with E-state index in [9.17, 15) is 4.79 Å². The van der Waals surface area contributed by atoms with Crippen LogP contribution < -0.4 is 5.32 Å². The molecule has 1 amide bonds. The molecule has 1 aromatic heterocycles. The summed E-state index contributed by atoms with van der Waals surface area (Å²) >= 11 is 0. The molecule has 2 aromatic carbocycles. The molecule has 0 aliphatic carbocycles. The van der Waals surface area contributed by atoms with Gasteiger partial charge in [0, 0.05) is 17.9 Å². The van der Waals surface area contributed by atoms with Gasteiger partial charge in [-0.25, -0.2) is 4.98 Å². The summed E-state index contributed by atoms with van der Waals surface area (Å²) in [5.41, 5.74) is 3.03. The maximum Gasteiger partial charge on any atom is 0.253 e. The number of carbonyl (C=O) groups excluding carboxylic acids is 1. The van der Waals surface area contributed by atoms with Gasteiger partial charge >= 0.3 is 0 Å². The third-order valence-corrected chi connectivity index (χ3v) is 3.90. The number of rotatable bonds is 3. The van der Waals surface area contributed by atoms with Gasteiger partial charge in [-0.1, -0.05) is 18.2 Å². The van der Waals surface area contributed by atoms with Crippen molar-refractivity contribution in [2.45, 2.75) is 18.9 Å². The lowest BCUT2D eigenvalue weighted by atomic mass is 10.2. The van der Waals surface area contributed by atoms with Crippen molar-refractivity contribution in [3.63, 3.8) is 0 Å². The summed E-state index contributed by atoms with van der Waals surface area (Å²) in [6, 6.07) is 15.2. The average Bonchev–Trinajstić information content (AvgIpc) is 3.25. The van der Waals surface area contributed by atoms with E-state index in [0.717, 1.165) is 18.4 Å². The van der Waals surface area contributed by atoms with Gasteiger partial charge in [0.15, 0.2) is 5.58 Å². The standard InChI is InChI=1S/C18H16N2O3/c21-17(16-7-4-10-22-16)19-13-8-9-15-14(11-13)20-18(23-15)12-5-2-1-3-6-12/h1-3,5-6,8-9,11,16H,4,7,10H2,(H,19,21)/t16-/m1/s1. The smallest absolute Gasteiger partial charge is 0.253 e. The van der Waals surface area contributed by atoms with Crippen molar-refractivity contribution in [1.82, 2.24) is 4.98 Å². The zero-order chi connectivity index (χ0) is 15.6.